The van der Waals surface area contributed by atoms with E-state index >= 15 is 0 Å². The maximum atomic E-state index is 13.6. The third-order valence-electron chi connectivity index (χ3n) is 7.63. The molecule has 3 amide bonds. The fraction of sp³-hybridized carbons (Fsp3) is 0.567. The lowest BCUT2D eigenvalue weighted by Gasteiger charge is -2.35. The van der Waals surface area contributed by atoms with E-state index in [9.17, 15) is 19.5 Å². The van der Waals surface area contributed by atoms with Crippen LogP contribution in [0.25, 0.3) is 10.4 Å². The van der Waals surface area contributed by atoms with Crippen LogP contribution in [0.3, 0.4) is 0 Å². The second kappa shape index (κ2) is 13.6. The summed E-state index contributed by atoms with van der Waals surface area (Å²) in [6.45, 7) is 9.27. The number of benzene rings is 1. The van der Waals surface area contributed by atoms with Gasteiger partial charge in [0.1, 0.15) is 30.4 Å². The largest absolute Gasteiger partial charge is 0.490 e. The molecule has 2 aliphatic heterocycles. The molecule has 11 nitrogen and oxygen atoms in total. The number of nitriles is 1. The Kier molecular flexibility index (Phi) is 10.2. The van der Waals surface area contributed by atoms with Gasteiger partial charge in [0.25, 0.3) is 0 Å². The van der Waals surface area contributed by atoms with Crippen molar-refractivity contribution in [2.24, 2.45) is 5.41 Å². The molecular weight excluding hydrogens is 556 g/mol. The summed E-state index contributed by atoms with van der Waals surface area (Å²) in [7, 11) is 0. The number of aliphatic hydroxyl groups is 1. The molecular formula is C30H40N6O5S. The number of aliphatic hydroxyl groups excluding tert-OH is 1. The number of β-amino-alcohol motifs (C(OH)–C–C–N with tert-alkyl or cyclic N) is 1. The molecule has 2 aromatic rings. The van der Waals surface area contributed by atoms with Crippen LogP contribution >= 0.6 is 11.3 Å². The van der Waals surface area contributed by atoms with Crippen LogP contribution in [0.2, 0.25) is 0 Å². The number of nitrogens with zero attached hydrogens (tertiary/aromatic N) is 3. The van der Waals surface area contributed by atoms with Crippen molar-refractivity contribution in [1.29, 1.82) is 5.26 Å². The van der Waals surface area contributed by atoms with Crippen LogP contribution in [0.1, 0.15) is 57.7 Å². The molecule has 42 heavy (non-hydrogen) atoms. The van der Waals surface area contributed by atoms with Crippen molar-refractivity contribution in [2.75, 3.05) is 19.6 Å². The molecule has 1 aromatic carbocycles. The molecule has 4 rings (SSSR count). The van der Waals surface area contributed by atoms with Crippen molar-refractivity contribution in [3.63, 3.8) is 0 Å². The average Bonchev–Trinajstić information content (AvgIpc) is 3.56. The molecule has 0 bridgehead atoms. The Morgan fingerprint density at radius 2 is 2.02 bits per heavy atom. The highest BCUT2D eigenvalue weighted by Gasteiger charge is 2.44. The average molecular weight is 597 g/mol. The van der Waals surface area contributed by atoms with Gasteiger partial charge in [0, 0.05) is 25.1 Å². The standard InChI is InChI=1S/C30H40N6O5S/c1-18-26(42-17-34-18)19-5-6-20(24(13-19)41-22-8-11-32-12-9-22)15-33-28(39)23-14-21(37)16-36(23)29(40)27(30(2,3)4)35-25(38)7-10-31/h5-6,13,17,21-23,27,32,37H,7-9,11-12,14-16H2,1-4H3,(H,33,39)(H,35,38)/t21-,23+,27-/m1/s1. The summed E-state index contributed by atoms with van der Waals surface area (Å²) in [6, 6.07) is 5.85. The zero-order valence-corrected chi connectivity index (χ0v) is 25.4. The van der Waals surface area contributed by atoms with Gasteiger partial charge in [-0.1, -0.05) is 32.9 Å². The summed E-state index contributed by atoms with van der Waals surface area (Å²) in [4.78, 5) is 46.1. The Labute approximate surface area is 250 Å². The topological polar surface area (TPSA) is 157 Å². The molecule has 2 aliphatic rings. The van der Waals surface area contributed by atoms with Crippen molar-refractivity contribution < 1.29 is 24.2 Å². The van der Waals surface area contributed by atoms with E-state index in [0.29, 0.717) is 5.75 Å². The zero-order chi connectivity index (χ0) is 30.4. The van der Waals surface area contributed by atoms with E-state index in [1.54, 1.807) is 38.2 Å². The van der Waals surface area contributed by atoms with Crippen LogP contribution in [0, 0.1) is 23.7 Å². The van der Waals surface area contributed by atoms with E-state index < -0.39 is 41.3 Å². The number of ether oxygens (including phenoxy) is 1. The Morgan fingerprint density at radius 3 is 2.67 bits per heavy atom. The fourth-order valence-corrected chi connectivity index (χ4v) is 6.13. The second-order valence-electron chi connectivity index (χ2n) is 12.0. The maximum Gasteiger partial charge on any atom is 0.246 e. The number of nitrogens with one attached hydrogen (secondary N) is 3. The lowest BCUT2D eigenvalue weighted by atomic mass is 9.85. The number of piperidine rings is 1. The number of likely N-dealkylation sites (tertiary alicyclic amines) is 1. The van der Waals surface area contributed by atoms with Crippen LogP contribution in [-0.4, -0.2) is 76.6 Å². The molecule has 1 aromatic heterocycles. The minimum absolute atomic E-state index is 0.0232. The number of rotatable bonds is 9. The van der Waals surface area contributed by atoms with Gasteiger partial charge in [-0.05, 0) is 49.9 Å². The van der Waals surface area contributed by atoms with Crippen LogP contribution in [0.4, 0.5) is 0 Å². The van der Waals surface area contributed by atoms with Gasteiger partial charge in [-0.2, -0.15) is 5.26 Å². The number of thiazole rings is 1. The van der Waals surface area contributed by atoms with Crippen molar-refractivity contribution in [3.05, 3.63) is 35.0 Å². The normalized spacial score (nSPS) is 20.0. The zero-order valence-electron chi connectivity index (χ0n) is 24.6. The first kappa shape index (κ1) is 31.4. The van der Waals surface area contributed by atoms with Gasteiger partial charge in [-0.3, -0.25) is 14.4 Å². The highest BCUT2D eigenvalue weighted by Crippen LogP contribution is 2.33. The summed E-state index contributed by atoms with van der Waals surface area (Å²) in [5.74, 6) is -0.736. The first-order chi connectivity index (χ1) is 20.0. The molecule has 0 radical (unpaired) electrons. The summed E-state index contributed by atoms with van der Waals surface area (Å²) in [5, 5.41) is 28.3. The van der Waals surface area contributed by atoms with E-state index in [-0.39, 0.29) is 32.0 Å². The van der Waals surface area contributed by atoms with Crippen molar-refractivity contribution in [3.8, 4) is 22.3 Å². The molecule has 0 saturated carbocycles. The van der Waals surface area contributed by atoms with Crippen molar-refractivity contribution in [2.45, 2.75) is 84.2 Å². The van der Waals surface area contributed by atoms with Crippen LogP contribution < -0.4 is 20.7 Å². The number of carbonyl (C=O) groups excluding carboxylic acids is 3. The van der Waals surface area contributed by atoms with Gasteiger partial charge in [0.15, 0.2) is 0 Å². The third kappa shape index (κ3) is 7.65. The summed E-state index contributed by atoms with van der Waals surface area (Å²) >= 11 is 1.56. The van der Waals surface area contributed by atoms with E-state index in [1.807, 2.05) is 30.6 Å². The molecule has 12 heteroatoms. The van der Waals surface area contributed by atoms with E-state index in [4.69, 9.17) is 10.00 Å². The molecule has 0 aliphatic carbocycles. The highest BCUT2D eigenvalue weighted by molar-refractivity contribution is 7.13. The monoisotopic (exact) mass is 596 g/mol. The fourth-order valence-electron chi connectivity index (χ4n) is 5.33. The summed E-state index contributed by atoms with van der Waals surface area (Å²) < 4.78 is 6.45. The van der Waals surface area contributed by atoms with Crippen molar-refractivity contribution in [1.82, 2.24) is 25.8 Å². The molecule has 3 atom stereocenters. The minimum Gasteiger partial charge on any atom is -0.490 e. The number of hydrogen-bond acceptors (Lipinski definition) is 9. The Bertz CT molecular complexity index is 1330. The van der Waals surface area contributed by atoms with E-state index in [1.165, 1.54) is 4.90 Å². The highest BCUT2D eigenvalue weighted by atomic mass is 32.1. The van der Waals surface area contributed by atoms with E-state index in [2.05, 4.69) is 20.9 Å². The first-order valence-electron chi connectivity index (χ1n) is 14.3. The molecule has 226 valence electrons. The minimum atomic E-state index is -0.966. The molecule has 3 heterocycles. The smallest absolute Gasteiger partial charge is 0.246 e. The Morgan fingerprint density at radius 1 is 1.29 bits per heavy atom. The van der Waals surface area contributed by atoms with Crippen LogP contribution in [-0.2, 0) is 20.9 Å². The second-order valence-corrected chi connectivity index (χ2v) is 12.8. The van der Waals surface area contributed by atoms with Gasteiger partial charge < -0.3 is 30.7 Å². The van der Waals surface area contributed by atoms with Crippen LogP contribution in [0.15, 0.2) is 23.7 Å². The lowest BCUT2D eigenvalue weighted by molar-refractivity contribution is -0.144. The molecule has 2 saturated heterocycles. The van der Waals surface area contributed by atoms with Gasteiger partial charge in [-0.15, -0.1) is 11.3 Å². The maximum absolute atomic E-state index is 13.6. The predicted octanol–water partition coefficient (Wildman–Crippen LogP) is 2.27. The predicted molar refractivity (Wildman–Crippen MR) is 158 cm³/mol. The van der Waals surface area contributed by atoms with Gasteiger partial charge in [0.2, 0.25) is 17.7 Å². The van der Waals surface area contributed by atoms with E-state index in [0.717, 1.165) is 47.6 Å². The SMILES string of the molecule is Cc1ncsc1-c1ccc(CNC(=O)[C@@H]2C[C@@H](O)CN2C(=O)[C@@H](NC(=O)CC#N)C(C)(C)C)c(OC2CCNCC2)c1. The number of hydrogen-bond donors (Lipinski definition) is 4. The van der Waals surface area contributed by atoms with Crippen LogP contribution in [0.5, 0.6) is 5.75 Å². The summed E-state index contributed by atoms with van der Waals surface area (Å²) in [6.07, 6.45) is 0.653. The summed E-state index contributed by atoms with van der Waals surface area (Å²) in [5.41, 5.74) is 3.87. The molecule has 0 unspecified atom stereocenters. The van der Waals surface area contributed by atoms with Gasteiger partial charge >= 0.3 is 0 Å². The quantitative estimate of drug-likeness (QED) is 0.344. The number of amides is 3. The van der Waals surface area contributed by atoms with Crippen molar-refractivity contribution >= 4 is 29.1 Å². The molecule has 2 fully saturated rings. The number of aromatic nitrogens is 1. The number of aryl methyl sites for hydroxylation is 1. The van der Waals surface area contributed by atoms with Gasteiger partial charge in [0.05, 0.1) is 28.3 Å². The molecule has 0 spiro atoms. The number of carbonyl (C=O) groups is 3. The molecule has 4 N–H and O–H groups in total. The Balaban J connectivity index is 1.51. The van der Waals surface area contributed by atoms with Gasteiger partial charge in [-0.25, -0.2) is 4.98 Å². The Hall–Kier alpha value is -3.53. The first-order valence-corrected chi connectivity index (χ1v) is 15.2. The lowest BCUT2D eigenvalue weighted by Crippen LogP contribution is -2.57. The third-order valence-corrected chi connectivity index (χ3v) is 8.61.